The molecule has 0 aromatic heterocycles. The Hall–Kier alpha value is -0.910. The van der Waals surface area contributed by atoms with E-state index in [-0.39, 0.29) is 17.1 Å². The van der Waals surface area contributed by atoms with E-state index in [2.05, 4.69) is 6.92 Å². The maximum atomic E-state index is 12.0. The summed E-state index contributed by atoms with van der Waals surface area (Å²) >= 11 is 0. The van der Waals surface area contributed by atoms with Crippen molar-refractivity contribution in [1.29, 1.82) is 0 Å². The molecule has 0 radical (unpaired) electrons. The third kappa shape index (κ3) is 4.28. The van der Waals surface area contributed by atoms with Gasteiger partial charge in [0.2, 0.25) is 0 Å². The molecule has 1 aromatic rings. The van der Waals surface area contributed by atoms with Crippen LogP contribution < -0.4 is 0 Å². The zero-order chi connectivity index (χ0) is 15.3. The van der Waals surface area contributed by atoms with Crippen molar-refractivity contribution in [3.05, 3.63) is 29.8 Å². The molecule has 1 aromatic carbocycles. The Bertz CT molecular complexity index is 544. The van der Waals surface area contributed by atoms with Crippen molar-refractivity contribution in [1.82, 2.24) is 0 Å². The summed E-state index contributed by atoms with van der Waals surface area (Å²) in [7, 11) is -3.64. The summed E-state index contributed by atoms with van der Waals surface area (Å²) in [6.45, 7) is 5.10. The second-order valence-electron chi connectivity index (χ2n) is 5.72. The van der Waals surface area contributed by atoms with Gasteiger partial charge in [0.1, 0.15) is 0 Å². The Balaban J connectivity index is 1.81. The van der Waals surface area contributed by atoms with Crippen LogP contribution in [0.5, 0.6) is 0 Å². The van der Waals surface area contributed by atoms with Gasteiger partial charge in [-0.25, -0.2) is 0 Å². The Kier molecular flexibility index (Phi) is 5.41. The summed E-state index contributed by atoms with van der Waals surface area (Å²) in [5.41, 5.74) is 1.00. The van der Waals surface area contributed by atoms with Gasteiger partial charge >= 0.3 is 0 Å². The molecule has 0 bridgehead atoms. The molecule has 2 rings (SSSR count). The van der Waals surface area contributed by atoms with Gasteiger partial charge in [-0.2, -0.15) is 8.42 Å². The molecular formula is C16H24O4S. The molecule has 4 nitrogen and oxygen atoms in total. The van der Waals surface area contributed by atoms with Crippen LogP contribution in [0.25, 0.3) is 0 Å². The van der Waals surface area contributed by atoms with E-state index >= 15 is 0 Å². The minimum Gasteiger partial charge on any atom is -0.375 e. The van der Waals surface area contributed by atoms with E-state index in [1.807, 2.05) is 6.92 Å². The van der Waals surface area contributed by atoms with Gasteiger partial charge in [0.25, 0.3) is 10.1 Å². The van der Waals surface area contributed by atoms with E-state index in [1.54, 1.807) is 24.3 Å². The molecule has 118 valence electrons. The highest BCUT2D eigenvalue weighted by atomic mass is 32.2. The van der Waals surface area contributed by atoms with Gasteiger partial charge in [0.05, 0.1) is 23.7 Å². The fourth-order valence-corrected chi connectivity index (χ4v) is 3.64. The molecule has 1 atom stereocenters. The molecule has 0 spiro atoms. The Morgan fingerprint density at radius 3 is 2.43 bits per heavy atom. The van der Waals surface area contributed by atoms with Gasteiger partial charge in [-0.1, -0.05) is 31.0 Å². The summed E-state index contributed by atoms with van der Waals surface area (Å²) in [6.07, 6.45) is 4.77. The highest BCUT2D eigenvalue weighted by molar-refractivity contribution is 7.86. The topological polar surface area (TPSA) is 52.6 Å². The molecule has 1 heterocycles. The average Bonchev–Trinajstić information content (AvgIpc) is 2.41. The summed E-state index contributed by atoms with van der Waals surface area (Å²) in [6, 6.07) is 6.71. The Labute approximate surface area is 127 Å². The van der Waals surface area contributed by atoms with E-state index < -0.39 is 10.1 Å². The van der Waals surface area contributed by atoms with Crippen molar-refractivity contribution < 1.29 is 17.3 Å². The molecule has 1 unspecified atom stereocenters. The van der Waals surface area contributed by atoms with Gasteiger partial charge < -0.3 is 4.74 Å². The lowest BCUT2D eigenvalue weighted by molar-refractivity contribution is -0.157. The van der Waals surface area contributed by atoms with Crippen LogP contribution in [-0.4, -0.2) is 27.2 Å². The van der Waals surface area contributed by atoms with Crippen molar-refractivity contribution in [2.75, 3.05) is 13.2 Å². The monoisotopic (exact) mass is 312 g/mol. The van der Waals surface area contributed by atoms with Crippen LogP contribution in [0.1, 0.15) is 44.6 Å². The van der Waals surface area contributed by atoms with Crippen LogP contribution in [0, 0.1) is 6.92 Å². The van der Waals surface area contributed by atoms with Crippen LogP contribution in [0.4, 0.5) is 0 Å². The van der Waals surface area contributed by atoms with Crippen molar-refractivity contribution in [3.8, 4) is 0 Å². The number of ether oxygens (including phenoxy) is 1. The Morgan fingerprint density at radius 1 is 1.24 bits per heavy atom. The highest BCUT2D eigenvalue weighted by Gasteiger charge is 2.36. The molecule has 1 fully saturated rings. The first-order valence-corrected chi connectivity index (χ1v) is 8.98. The largest absolute Gasteiger partial charge is 0.375 e. The van der Waals surface area contributed by atoms with Crippen molar-refractivity contribution in [3.63, 3.8) is 0 Å². The predicted octanol–water partition coefficient (Wildman–Crippen LogP) is 3.44. The zero-order valence-corrected chi connectivity index (χ0v) is 13.6. The third-order valence-corrected chi connectivity index (χ3v) is 5.32. The standard InChI is InChI=1S/C16H24O4S/c1-3-9-16(11-13-19-16)10-4-12-20-21(17,18)15-7-5-14(2)6-8-15/h5-8H,3-4,9-13H2,1-2H3. The first-order valence-electron chi connectivity index (χ1n) is 7.57. The van der Waals surface area contributed by atoms with Crippen molar-refractivity contribution in [2.45, 2.75) is 56.4 Å². The quantitative estimate of drug-likeness (QED) is 0.545. The molecule has 0 saturated carbocycles. The van der Waals surface area contributed by atoms with Crippen LogP contribution in [0.2, 0.25) is 0 Å². The molecule has 1 aliphatic heterocycles. The van der Waals surface area contributed by atoms with Gasteiger partial charge in [-0.3, -0.25) is 4.18 Å². The van der Waals surface area contributed by atoms with Crippen LogP contribution in [-0.2, 0) is 19.0 Å². The van der Waals surface area contributed by atoms with Crippen molar-refractivity contribution in [2.24, 2.45) is 0 Å². The van der Waals surface area contributed by atoms with E-state index in [0.29, 0.717) is 6.42 Å². The summed E-state index contributed by atoms with van der Waals surface area (Å²) in [4.78, 5) is 0.219. The van der Waals surface area contributed by atoms with Crippen LogP contribution in [0.3, 0.4) is 0 Å². The van der Waals surface area contributed by atoms with Crippen molar-refractivity contribution >= 4 is 10.1 Å². The van der Waals surface area contributed by atoms with E-state index in [1.165, 1.54) is 0 Å². The number of aryl methyl sites for hydroxylation is 1. The fraction of sp³-hybridized carbons (Fsp3) is 0.625. The van der Waals surface area contributed by atoms with Gasteiger partial charge in [-0.05, 0) is 44.7 Å². The predicted molar refractivity (Wildman–Crippen MR) is 81.8 cm³/mol. The number of benzene rings is 1. The van der Waals surface area contributed by atoms with Crippen LogP contribution in [0.15, 0.2) is 29.2 Å². The van der Waals surface area contributed by atoms with Crippen LogP contribution >= 0.6 is 0 Å². The van der Waals surface area contributed by atoms with Gasteiger partial charge in [-0.15, -0.1) is 0 Å². The fourth-order valence-electron chi connectivity index (χ4n) is 2.70. The SMILES string of the molecule is CCCC1(CCCOS(=O)(=O)c2ccc(C)cc2)CCO1. The first kappa shape index (κ1) is 16.5. The zero-order valence-electron chi connectivity index (χ0n) is 12.8. The second-order valence-corrected chi connectivity index (χ2v) is 7.34. The summed E-state index contributed by atoms with van der Waals surface area (Å²) in [5, 5.41) is 0. The molecule has 1 aliphatic rings. The number of hydrogen-bond donors (Lipinski definition) is 0. The van der Waals surface area contributed by atoms with E-state index in [9.17, 15) is 8.42 Å². The minimum absolute atomic E-state index is 0.0221. The molecular weight excluding hydrogens is 288 g/mol. The highest BCUT2D eigenvalue weighted by Crippen LogP contribution is 2.35. The maximum absolute atomic E-state index is 12.0. The van der Waals surface area contributed by atoms with Gasteiger partial charge in [0.15, 0.2) is 0 Å². The lowest BCUT2D eigenvalue weighted by Gasteiger charge is -2.42. The molecule has 0 aliphatic carbocycles. The lowest BCUT2D eigenvalue weighted by Crippen LogP contribution is -2.43. The van der Waals surface area contributed by atoms with E-state index in [4.69, 9.17) is 8.92 Å². The minimum atomic E-state index is -3.64. The molecule has 1 saturated heterocycles. The van der Waals surface area contributed by atoms with Gasteiger partial charge in [0, 0.05) is 0 Å². The Morgan fingerprint density at radius 2 is 1.90 bits per heavy atom. The summed E-state index contributed by atoms with van der Waals surface area (Å²) < 4.78 is 34.8. The normalized spacial score (nSPS) is 22.0. The number of rotatable bonds is 8. The first-order chi connectivity index (χ1) is 9.97. The smallest absolute Gasteiger partial charge is 0.296 e. The number of hydrogen-bond acceptors (Lipinski definition) is 4. The average molecular weight is 312 g/mol. The molecule has 0 N–H and O–H groups in total. The molecule has 21 heavy (non-hydrogen) atoms. The summed E-state index contributed by atoms with van der Waals surface area (Å²) in [5.74, 6) is 0. The van der Waals surface area contributed by atoms with E-state index in [0.717, 1.165) is 37.9 Å². The maximum Gasteiger partial charge on any atom is 0.296 e. The lowest BCUT2D eigenvalue weighted by atomic mass is 9.85. The second kappa shape index (κ2) is 6.90. The molecule has 5 heteroatoms. The third-order valence-electron chi connectivity index (χ3n) is 4.00. The molecule has 0 amide bonds.